The molecule has 0 heterocycles. The summed E-state index contributed by atoms with van der Waals surface area (Å²) >= 11 is 0. The number of amides is 3. The highest BCUT2D eigenvalue weighted by molar-refractivity contribution is 5.97. The molecular formula is C22H21N5O4. The van der Waals surface area contributed by atoms with Gasteiger partial charge in [0.2, 0.25) is 5.91 Å². The van der Waals surface area contributed by atoms with Crippen molar-refractivity contribution in [2.24, 2.45) is 11.5 Å². The summed E-state index contributed by atoms with van der Waals surface area (Å²) in [5.41, 5.74) is 14.3. The van der Waals surface area contributed by atoms with Crippen molar-refractivity contribution in [1.82, 2.24) is 10.8 Å². The third-order valence-electron chi connectivity index (χ3n) is 3.92. The molecule has 31 heavy (non-hydrogen) atoms. The van der Waals surface area contributed by atoms with Crippen LogP contribution in [0, 0.1) is 23.7 Å². The molecule has 9 heteroatoms. The molecule has 2 rings (SSSR count). The summed E-state index contributed by atoms with van der Waals surface area (Å²) in [5, 5.41) is 13.7. The van der Waals surface area contributed by atoms with E-state index in [9.17, 15) is 14.4 Å². The quantitative estimate of drug-likeness (QED) is 0.211. The number of hydrogen-bond donors (Lipinski definition) is 6. The molecule has 0 saturated carbocycles. The van der Waals surface area contributed by atoms with Gasteiger partial charge in [0.25, 0.3) is 11.8 Å². The van der Waals surface area contributed by atoms with Crippen molar-refractivity contribution >= 4 is 23.4 Å². The van der Waals surface area contributed by atoms with Crippen molar-refractivity contribution in [2.45, 2.75) is 6.04 Å². The molecule has 0 aromatic heterocycles. The highest BCUT2D eigenvalue weighted by atomic mass is 16.5. The van der Waals surface area contributed by atoms with Crippen LogP contribution >= 0.6 is 0 Å². The zero-order valence-corrected chi connectivity index (χ0v) is 16.4. The topological polar surface area (TPSA) is 160 Å². The summed E-state index contributed by atoms with van der Waals surface area (Å²) < 4.78 is 0. The minimum atomic E-state index is -1.05. The van der Waals surface area contributed by atoms with Gasteiger partial charge in [0, 0.05) is 28.9 Å². The highest BCUT2D eigenvalue weighted by Gasteiger charge is 2.19. The Morgan fingerprint density at radius 3 is 2.26 bits per heavy atom. The smallest absolute Gasteiger partial charge is 0.267 e. The van der Waals surface area contributed by atoms with Gasteiger partial charge in [0.1, 0.15) is 6.04 Å². The molecule has 9 nitrogen and oxygen atoms in total. The molecule has 2 aromatic rings. The first-order valence-electron chi connectivity index (χ1n) is 9.13. The number of nitrogens with one attached hydrogen (secondary N) is 3. The first-order chi connectivity index (χ1) is 15.0. The van der Waals surface area contributed by atoms with Crippen LogP contribution in [0.5, 0.6) is 0 Å². The average Bonchev–Trinajstić information content (AvgIpc) is 2.80. The Morgan fingerprint density at radius 2 is 1.65 bits per heavy atom. The van der Waals surface area contributed by atoms with Gasteiger partial charge in [0.05, 0.1) is 6.54 Å². The molecule has 0 spiro atoms. The molecule has 0 aliphatic rings. The van der Waals surface area contributed by atoms with Crippen LogP contribution in [0.4, 0.5) is 5.69 Å². The standard InChI is InChI=1S/C22H21N5O4/c23-13-19(22(30)27-31)26-21(29)17-10-8-15(9-11-17)4-1-2-5-16-6-3-7-18(12-16)25-20(28)14-24/h3,6-12,19,31H,13-14,23-24H2,(H,25,28)(H,26,29)(H,27,30)/t19-/m0/s1. The number of nitrogens with two attached hydrogens (primary N) is 2. The van der Waals surface area contributed by atoms with Crippen molar-refractivity contribution in [2.75, 3.05) is 18.4 Å². The predicted octanol–water partition coefficient (Wildman–Crippen LogP) is -0.450. The summed E-state index contributed by atoms with van der Waals surface area (Å²) in [4.78, 5) is 34.9. The van der Waals surface area contributed by atoms with E-state index >= 15 is 0 Å². The van der Waals surface area contributed by atoms with Crippen molar-refractivity contribution in [3.63, 3.8) is 0 Å². The fourth-order valence-corrected chi connectivity index (χ4v) is 2.35. The Balaban J connectivity index is 2.01. The third-order valence-corrected chi connectivity index (χ3v) is 3.92. The van der Waals surface area contributed by atoms with E-state index in [1.807, 2.05) is 0 Å². The van der Waals surface area contributed by atoms with Crippen LogP contribution in [0.2, 0.25) is 0 Å². The van der Waals surface area contributed by atoms with Crippen molar-refractivity contribution in [3.8, 4) is 23.7 Å². The Bertz CT molecular complexity index is 1070. The van der Waals surface area contributed by atoms with E-state index in [-0.39, 0.29) is 19.0 Å². The molecule has 2 aromatic carbocycles. The van der Waals surface area contributed by atoms with Gasteiger partial charge >= 0.3 is 0 Å². The molecule has 0 aliphatic heterocycles. The summed E-state index contributed by atoms with van der Waals surface area (Å²) in [7, 11) is 0. The lowest BCUT2D eigenvalue weighted by atomic mass is 10.1. The fraction of sp³-hybridized carbons (Fsp3) is 0.136. The molecule has 0 aliphatic carbocycles. The number of hydrogen-bond acceptors (Lipinski definition) is 6. The lowest BCUT2D eigenvalue weighted by molar-refractivity contribution is -0.130. The van der Waals surface area contributed by atoms with E-state index in [0.717, 1.165) is 0 Å². The first-order valence-corrected chi connectivity index (χ1v) is 9.13. The molecule has 0 bridgehead atoms. The molecule has 0 fully saturated rings. The average molecular weight is 419 g/mol. The van der Waals surface area contributed by atoms with Crippen LogP contribution < -0.4 is 27.6 Å². The van der Waals surface area contributed by atoms with Crippen LogP contribution in [0.3, 0.4) is 0 Å². The van der Waals surface area contributed by atoms with Gasteiger partial charge in [-0.1, -0.05) is 17.9 Å². The van der Waals surface area contributed by atoms with Gasteiger partial charge in [-0.25, -0.2) is 5.48 Å². The summed E-state index contributed by atoms with van der Waals surface area (Å²) in [5.74, 6) is 9.57. The van der Waals surface area contributed by atoms with Gasteiger partial charge in [-0.3, -0.25) is 19.6 Å². The fourth-order valence-electron chi connectivity index (χ4n) is 2.35. The number of rotatable bonds is 6. The first kappa shape index (κ1) is 23.1. The zero-order valence-electron chi connectivity index (χ0n) is 16.4. The monoisotopic (exact) mass is 419 g/mol. The number of hydroxylamine groups is 1. The molecule has 0 radical (unpaired) electrons. The maximum absolute atomic E-state index is 12.2. The zero-order chi connectivity index (χ0) is 22.6. The molecule has 0 unspecified atom stereocenters. The summed E-state index contributed by atoms with van der Waals surface area (Å²) in [6.45, 7) is -0.268. The summed E-state index contributed by atoms with van der Waals surface area (Å²) in [6, 6.07) is 12.3. The van der Waals surface area contributed by atoms with Crippen LogP contribution in [0.1, 0.15) is 21.5 Å². The van der Waals surface area contributed by atoms with Gasteiger partial charge < -0.3 is 22.1 Å². The van der Waals surface area contributed by atoms with Crippen molar-refractivity contribution in [3.05, 3.63) is 65.2 Å². The lowest BCUT2D eigenvalue weighted by Gasteiger charge is -2.14. The van der Waals surface area contributed by atoms with E-state index < -0.39 is 17.9 Å². The highest BCUT2D eigenvalue weighted by Crippen LogP contribution is 2.09. The molecular weight excluding hydrogens is 398 g/mol. The van der Waals surface area contributed by atoms with Crippen LogP contribution in [-0.4, -0.2) is 42.1 Å². The largest absolute Gasteiger partial charge is 0.339 e. The number of carbonyl (C=O) groups excluding carboxylic acids is 3. The van der Waals surface area contributed by atoms with Gasteiger partial charge in [-0.2, -0.15) is 0 Å². The Hall–Kier alpha value is -4.15. The van der Waals surface area contributed by atoms with E-state index in [2.05, 4.69) is 34.3 Å². The van der Waals surface area contributed by atoms with Gasteiger partial charge in [0.15, 0.2) is 0 Å². The minimum Gasteiger partial charge on any atom is -0.339 e. The van der Waals surface area contributed by atoms with E-state index in [1.54, 1.807) is 48.5 Å². The van der Waals surface area contributed by atoms with Crippen molar-refractivity contribution < 1.29 is 19.6 Å². The van der Waals surface area contributed by atoms with E-state index in [4.69, 9.17) is 16.7 Å². The molecule has 3 amide bonds. The Labute approximate surface area is 179 Å². The Kier molecular flexibility index (Phi) is 8.77. The second-order valence-corrected chi connectivity index (χ2v) is 6.15. The molecule has 8 N–H and O–H groups in total. The van der Waals surface area contributed by atoms with Gasteiger partial charge in [-0.05, 0) is 54.3 Å². The van der Waals surface area contributed by atoms with Gasteiger partial charge in [-0.15, -0.1) is 0 Å². The van der Waals surface area contributed by atoms with E-state index in [0.29, 0.717) is 22.4 Å². The maximum Gasteiger partial charge on any atom is 0.267 e. The molecule has 0 saturated heterocycles. The second kappa shape index (κ2) is 11.8. The molecule has 1 atom stereocenters. The maximum atomic E-state index is 12.2. The Morgan fingerprint density at radius 1 is 0.968 bits per heavy atom. The SMILES string of the molecule is NCC(=O)Nc1cccc(C#CC#Cc2ccc(C(=O)N[C@@H](CN)C(=O)NO)cc2)c1. The molecule has 158 valence electrons. The second-order valence-electron chi connectivity index (χ2n) is 6.15. The van der Waals surface area contributed by atoms with Crippen molar-refractivity contribution in [1.29, 1.82) is 0 Å². The van der Waals surface area contributed by atoms with E-state index in [1.165, 1.54) is 5.48 Å². The van der Waals surface area contributed by atoms with Crippen LogP contribution in [0.15, 0.2) is 48.5 Å². The third kappa shape index (κ3) is 7.31. The summed E-state index contributed by atoms with van der Waals surface area (Å²) in [6.07, 6.45) is 0. The minimum absolute atomic E-state index is 0.104. The lowest BCUT2D eigenvalue weighted by Crippen LogP contribution is -2.50. The number of benzene rings is 2. The predicted molar refractivity (Wildman–Crippen MR) is 115 cm³/mol. The normalized spacial score (nSPS) is 10.4. The number of anilines is 1. The van der Waals surface area contributed by atoms with Crippen LogP contribution in [-0.2, 0) is 9.59 Å². The van der Waals surface area contributed by atoms with Crippen LogP contribution in [0.25, 0.3) is 0 Å². The number of carbonyl (C=O) groups is 3.